The summed E-state index contributed by atoms with van der Waals surface area (Å²) in [4.78, 5) is 25.0. The molecule has 0 atom stereocenters. The number of rotatable bonds is 8. The molecule has 0 fully saturated rings. The summed E-state index contributed by atoms with van der Waals surface area (Å²) in [7, 11) is 5.25. The van der Waals surface area contributed by atoms with E-state index in [1.54, 1.807) is 47.4 Å². The van der Waals surface area contributed by atoms with Gasteiger partial charge in [0.25, 0.3) is 0 Å². The van der Waals surface area contributed by atoms with Gasteiger partial charge in [0.2, 0.25) is 5.91 Å². The Morgan fingerprint density at radius 2 is 1.85 bits per heavy atom. The van der Waals surface area contributed by atoms with Crippen LogP contribution >= 0.6 is 21.6 Å². The van der Waals surface area contributed by atoms with Crippen LogP contribution in [-0.4, -0.2) is 24.5 Å². The Balaban J connectivity index is 2.44. The lowest BCUT2D eigenvalue weighted by molar-refractivity contribution is -0.117. The number of amides is 1. The molecule has 1 amide bonds. The third-order valence-corrected chi connectivity index (χ3v) is 5.34. The van der Waals surface area contributed by atoms with Crippen molar-refractivity contribution in [3.63, 3.8) is 0 Å². The molecule has 0 saturated heterocycles. The lowest BCUT2D eigenvalue weighted by Crippen LogP contribution is -2.23. The van der Waals surface area contributed by atoms with Crippen LogP contribution in [0.25, 0.3) is 0 Å². The monoisotopic (exact) mass is 311 g/mol. The van der Waals surface area contributed by atoms with E-state index < -0.39 is 0 Å². The molecule has 0 heterocycles. The number of ketones is 1. The molecule has 0 radical (unpaired) electrons. The second-order valence-corrected chi connectivity index (χ2v) is 7.07. The number of benzene rings is 1. The summed E-state index contributed by atoms with van der Waals surface area (Å²) in [5, 5.41) is 0. The Hall–Kier alpha value is -0.940. The van der Waals surface area contributed by atoms with Crippen molar-refractivity contribution >= 4 is 39.0 Å². The van der Waals surface area contributed by atoms with Gasteiger partial charge in [0.15, 0.2) is 0 Å². The highest BCUT2D eigenvalue weighted by Gasteiger charge is 2.10. The van der Waals surface area contributed by atoms with Gasteiger partial charge in [-0.2, -0.15) is 0 Å². The van der Waals surface area contributed by atoms with Crippen LogP contribution in [0, 0.1) is 0 Å². The highest BCUT2D eigenvalue weighted by atomic mass is 33.1. The van der Waals surface area contributed by atoms with Gasteiger partial charge in [-0.05, 0) is 31.9 Å². The van der Waals surface area contributed by atoms with E-state index in [0.29, 0.717) is 6.42 Å². The first-order valence-electron chi connectivity index (χ1n) is 6.64. The molecule has 5 heteroatoms. The zero-order valence-corrected chi connectivity index (χ0v) is 13.9. The molecule has 0 spiro atoms. The predicted molar refractivity (Wildman–Crippen MR) is 88.4 cm³/mol. The van der Waals surface area contributed by atoms with Crippen LogP contribution in [0.4, 0.5) is 5.69 Å². The molecule has 0 aliphatic heterocycles. The van der Waals surface area contributed by atoms with E-state index >= 15 is 0 Å². The van der Waals surface area contributed by atoms with Crippen molar-refractivity contribution in [2.45, 2.75) is 38.0 Å². The standard InChI is InChI=1S/C15H21NO2S2/c1-12(17)8-6-7-11-19-20-15-10-5-4-9-14(15)16(3)13(2)18/h4-5,9-10H,6-8,11H2,1-3H3. The smallest absolute Gasteiger partial charge is 0.223 e. The number of para-hydroxylation sites is 1. The maximum Gasteiger partial charge on any atom is 0.223 e. The second-order valence-electron chi connectivity index (χ2n) is 4.61. The molecule has 1 aromatic rings. The average Bonchev–Trinajstić information content (AvgIpc) is 2.42. The SMILES string of the molecule is CC(=O)CCCCSSc1ccccc1N(C)C(C)=O. The third kappa shape index (κ3) is 6.01. The molecular formula is C15H21NO2S2. The van der Waals surface area contributed by atoms with Crippen molar-refractivity contribution in [1.29, 1.82) is 0 Å². The van der Waals surface area contributed by atoms with Crippen LogP contribution in [-0.2, 0) is 9.59 Å². The van der Waals surface area contributed by atoms with Crippen LogP contribution in [0.3, 0.4) is 0 Å². The fourth-order valence-corrected chi connectivity index (χ4v) is 3.98. The number of unbranched alkanes of at least 4 members (excludes halogenated alkanes) is 1. The fourth-order valence-electron chi connectivity index (χ4n) is 1.61. The van der Waals surface area contributed by atoms with Crippen LogP contribution in [0.5, 0.6) is 0 Å². The normalized spacial score (nSPS) is 10.3. The van der Waals surface area contributed by atoms with Gasteiger partial charge in [0.05, 0.1) is 5.69 Å². The third-order valence-electron chi connectivity index (χ3n) is 2.85. The number of Topliss-reactive ketones (excluding diaryl/α,β-unsaturated/α-hetero) is 1. The van der Waals surface area contributed by atoms with Crippen LogP contribution in [0.15, 0.2) is 29.2 Å². The first-order valence-corrected chi connectivity index (χ1v) is 8.96. The Morgan fingerprint density at radius 1 is 1.15 bits per heavy atom. The molecule has 0 aliphatic rings. The summed E-state index contributed by atoms with van der Waals surface area (Å²) in [5.74, 6) is 1.30. The Morgan fingerprint density at radius 3 is 2.50 bits per heavy atom. The van der Waals surface area contributed by atoms with Gasteiger partial charge in [0, 0.05) is 31.0 Å². The molecule has 3 nitrogen and oxygen atoms in total. The number of carbonyl (C=O) groups excluding carboxylic acids is 2. The first-order chi connectivity index (χ1) is 9.52. The fraction of sp³-hybridized carbons (Fsp3) is 0.467. The van der Waals surface area contributed by atoms with Crippen LogP contribution < -0.4 is 4.90 Å². The highest BCUT2D eigenvalue weighted by Crippen LogP contribution is 2.37. The van der Waals surface area contributed by atoms with E-state index in [-0.39, 0.29) is 11.7 Å². The van der Waals surface area contributed by atoms with E-state index in [0.717, 1.165) is 29.2 Å². The molecule has 0 bridgehead atoms. The molecule has 1 rings (SSSR count). The number of hydrogen-bond acceptors (Lipinski definition) is 4. The maximum absolute atomic E-state index is 11.5. The quantitative estimate of drug-likeness (QED) is 0.533. The minimum atomic E-state index is 0.0320. The van der Waals surface area contributed by atoms with Gasteiger partial charge in [-0.15, -0.1) is 0 Å². The lowest BCUT2D eigenvalue weighted by Gasteiger charge is -2.18. The van der Waals surface area contributed by atoms with Crippen molar-refractivity contribution in [3.05, 3.63) is 24.3 Å². The predicted octanol–water partition coefficient (Wildman–Crippen LogP) is 4.17. The summed E-state index contributed by atoms with van der Waals surface area (Å²) in [6, 6.07) is 7.91. The minimum Gasteiger partial charge on any atom is -0.315 e. The van der Waals surface area contributed by atoms with E-state index in [4.69, 9.17) is 0 Å². The van der Waals surface area contributed by atoms with Crippen molar-refractivity contribution < 1.29 is 9.59 Å². The number of hydrogen-bond donors (Lipinski definition) is 0. The minimum absolute atomic E-state index is 0.0320. The molecule has 1 aromatic carbocycles. The van der Waals surface area contributed by atoms with Crippen LogP contribution in [0.2, 0.25) is 0 Å². The van der Waals surface area contributed by atoms with Crippen molar-refractivity contribution in [1.82, 2.24) is 0 Å². The first kappa shape index (κ1) is 17.1. The molecule has 0 unspecified atom stereocenters. The van der Waals surface area contributed by atoms with E-state index in [2.05, 4.69) is 0 Å². The van der Waals surface area contributed by atoms with Gasteiger partial charge in [0.1, 0.15) is 5.78 Å². The Kier molecular flexibility index (Phi) is 7.77. The molecular weight excluding hydrogens is 290 g/mol. The van der Waals surface area contributed by atoms with Gasteiger partial charge in [-0.25, -0.2) is 0 Å². The zero-order chi connectivity index (χ0) is 15.0. The molecule has 0 aromatic heterocycles. The Labute approximate surface area is 128 Å². The summed E-state index contributed by atoms with van der Waals surface area (Å²) < 4.78 is 0. The molecule has 0 saturated carbocycles. The molecule has 0 N–H and O–H groups in total. The summed E-state index contributed by atoms with van der Waals surface area (Å²) in [5.41, 5.74) is 0.946. The number of nitrogens with zero attached hydrogens (tertiary/aromatic N) is 1. The molecule has 20 heavy (non-hydrogen) atoms. The largest absolute Gasteiger partial charge is 0.315 e. The van der Waals surface area contributed by atoms with Crippen molar-refractivity contribution in [2.75, 3.05) is 17.7 Å². The zero-order valence-electron chi connectivity index (χ0n) is 12.2. The second kappa shape index (κ2) is 9.08. The van der Waals surface area contributed by atoms with Gasteiger partial charge >= 0.3 is 0 Å². The van der Waals surface area contributed by atoms with E-state index in [1.165, 1.54) is 0 Å². The van der Waals surface area contributed by atoms with E-state index in [1.807, 2.05) is 24.3 Å². The molecule has 0 aliphatic carbocycles. The Bertz CT molecular complexity index is 463. The van der Waals surface area contributed by atoms with Gasteiger partial charge in [-0.3, -0.25) is 4.79 Å². The lowest BCUT2D eigenvalue weighted by atomic mass is 10.2. The van der Waals surface area contributed by atoms with Crippen molar-refractivity contribution in [2.24, 2.45) is 0 Å². The van der Waals surface area contributed by atoms with Gasteiger partial charge < -0.3 is 9.69 Å². The topological polar surface area (TPSA) is 37.4 Å². The molecule has 110 valence electrons. The summed E-state index contributed by atoms with van der Waals surface area (Å²) in [6.07, 6.45) is 2.68. The maximum atomic E-state index is 11.5. The summed E-state index contributed by atoms with van der Waals surface area (Å²) >= 11 is 0. The summed E-state index contributed by atoms with van der Waals surface area (Å²) in [6.45, 7) is 3.20. The number of anilines is 1. The van der Waals surface area contributed by atoms with Gasteiger partial charge in [-0.1, -0.05) is 33.7 Å². The highest BCUT2D eigenvalue weighted by molar-refractivity contribution is 8.76. The average molecular weight is 311 g/mol. The van der Waals surface area contributed by atoms with Crippen molar-refractivity contribution in [3.8, 4) is 0 Å². The number of carbonyl (C=O) groups is 2. The van der Waals surface area contributed by atoms with E-state index in [9.17, 15) is 9.59 Å². The van der Waals surface area contributed by atoms with Crippen LogP contribution in [0.1, 0.15) is 33.1 Å².